The molecule has 1 fully saturated rings. The van der Waals surface area contributed by atoms with Gasteiger partial charge in [-0.1, -0.05) is 69.8 Å². The van der Waals surface area contributed by atoms with E-state index in [1.54, 1.807) is 0 Å². The lowest BCUT2D eigenvalue weighted by atomic mass is 10.0. The summed E-state index contributed by atoms with van der Waals surface area (Å²) in [5, 5.41) is 10.5. The van der Waals surface area contributed by atoms with Crippen LogP contribution in [0.4, 0.5) is 0 Å². The normalized spacial score (nSPS) is 18.6. The SMILES string of the molecule is CCCCCC=CCC=CCCCCCCCC(CC(O)CC(=O)OC(C)(C)C)OC1CCCCO1. The number of hydrogen-bond donors (Lipinski definition) is 1. The first-order valence-electron chi connectivity index (χ1n) is 14.8. The Hall–Kier alpha value is -1.17. The van der Waals surface area contributed by atoms with E-state index in [1.807, 2.05) is 20.8 Å². The molecule has 1 rings (SSSR count). The van der Waals surface area contributed by atoms with Crippen molar-refractivity contribution < 1.29 is 24.1 Å². The summed E-state index contributed by atoms with van der Waals surface area (Å²) in [6.07, 6.45) is 25.9. The van der Waals surface area contributed by atoms with Gasteiger partial charge in [0.15, 0.2) is 6.29 Å². The minimum Gasteiger partial charge on any atom is -0.460 e. The van der Waals surface area contributed by atoms with Gasteiger partial charge in [-0.25, -0.2) is 0 Å². The van der Waals surface area contributed by atoms with E-state index in [2.05, 4.69) is 31.2 Å². The first kappa shape index (κ1) is 32.9. The lowest BCUT2D eigenvalue weighted by molar-refractivity contribution is -0.195. The van der Waals surface area contributed by atoms with Gasteiger partial charge in [0.25, 0.3) is 0 Å². The molecule has 0 aromatic heterocycles. The second-order valence-electron chi connectivity index (χ2n) is 11.3. The van der Waals surface area contributed by atoms with Gasteiger partial charge in [-0.05, 0) is 78.6 Å². The van der Waals surface area contributed by atoms with E-state index in [9.17, 15) is 9.90 Å². The average molecular weight is 509 g/mol. The summed E-state index contributed by atoms with van der Waals surface area (Å²) in [6, 6.07) is 0. The van der Waals surface area contributed by atoms with Crippen LogP contribution in [0.5, 0.6) is 0 Å². The minimum atomic E-state index is -0.758. The van der Waals surface area contributed by atoms with Crippen LogP contribution in [0.3, 0.4) is 0 Å². The van der Waals surface area contributed by atoms with Gasteiger partial charge in [0.2, 0.25) is 0 Å². The molecule has 1 aliphatic rings. The van der Waals surface area contributed by atoms with Crippen LogP contribution in [-0.2, 0) is 19.0 Å². The van der Waals surface area contributed by atoms with Gasteiger partial charge in [0, 0.05) is 13.0 Å². The van der Waals surface area contributed by atoms with Crippen LogP contribution in [0.1, 0.15) is 137 Å². The second kappa shape index (κ2) is 20.8. The molecule has 0 aromatic carbocycles. The van der Waals surface area contributed by atoms with Crippen molar-refractivity contribution in [2.75, 3.05) is 6.61 Å². The molecule has 1 saturated heterocycles. The predicted molar refractivity (Wildman–Crippen MR) is 149 cm³/mol. The lowest BCUT2D eigenvalue weighted by Gasteiger charge is -2.29. The van der Waals surface area contributed by atoms with E-state index in [0.29, 0.717) is 6.42 Å². The topological polar surface area (TPSA) is 65.0 Å². The van der Waals surface area contributed by atoms with Gasteiger partial charge in [-0.2, -0.15) is 0 Å². The summed E-state index contributed by atoms with van der Waals surface area (Å²) in [5.74, 6) is -0.361. The number of aliphatic hydroxyl groups excluding tert-OH is 1. The molecule has 36 heavy (non-hydrogen) atoms. The van der Waals surface area contributed by atoms with Crippen LogP contribution in [0.25, 0.3) is 0 Å². The van der Waals surface area contributed by atoms with E-state index >= 15 is 0 Å². The predicted octanol–water partition coefficient (Wildman–Crippen LogP) is 8.19. The summed E-state index contributed by atoms with van der Waals surface area (Å²) in [4.78, 5) is 12.1. The fraction of sp³-hybridized carbons (Fsp3) is 0.839. The Bertz CT molecular complexity index is 586. The van der Waals surface area contributed by atoms with Gasteiger partial charge in [0.05, 0.1) is 18.6 Å². The third-order valence-corrected chi connectivity index (χ3v) is 6.32. The molecule has 210 valence electrons. The highest BCUT2D eigenvalue weighted by Gasteiger charge is 2.25. The molecule has 3 unspecified atom stereocenters. The van der Waals surface area contributed by atoms with Crippen molar-refractivity contribution in [2.24, 2.45) is 0 Å². The fourth-order valence-electron chi connectivity index (χ4n) is 4.42. The molecular weight excluding hydrogens is 452 g/mol. The Morgan fingerprint density at radius 2 is 1.64 bits per heavy atom. The van der Waals surface area contributed by atoms with Gasteiger partial charge < -0.3 is 19.3 Å². The number of unbranched alkanes of at least 4 members (excludes halogenated alkanes) is 8. The molecule has 0 amide bonds. The van der Waals surface area contributed by atoms with Crippen molar-refractivity contribution in [2.45, 2.75) is 161 Å². The van der Waals surface area contributed by atoms with Gasteiger partial charge >= 0.3 is 5.97 Å². The van der Waals surface area contributed by atoms with Crippen LogP contribution in [0.2, 0.25) is 0 Å². The third-order valence-electron chi connectivity index (χ3n) is 6.32. The zero-order valence-electron chi connectivity index (χ0n) is 23.8. The number of carbonyl (C=O) groups is 1. The van der Waals surface area contributed by atoms with Crippen LogP contribution >= 0.6 is 0 Å². The van der Waals surface area contributed by atoms with E-state index in [1.165, 1.54) is 44.9 Å². The maximum atomic E-state index is 12.1. The Balaban J connectivity index is 2.23. The van der Waals surface area contributed by atoms with Crippen LogP contribution < -0.4 is 0 Å². The summed E-state index contributed by atoms with van der Waals surface area (Å²) < 4.78 is 17.3. The number of carbonyl (C=O) groups excluding carboxylic acids is 1. The van der Waals surface area contributed by atoms with E-state index < -0.39 is 11.7 Å². The summed E-state index contributed by atoms with van der Waals surface area (Å²) in [5.41, 5.74) is -0.538. The number of aliphatic hydroxyl groups is 1. The zero-order chi connectivity index (χ0) is 26.5. The van der Waals surface area contributed by atoms with Crippen molar-refractivity contribution in [3.8, 4) is 0 Å². The third kappa shape index (κ3) is 20.0. The van der Waals surface area contributed by atoms with Crippen molar-refractivity contribution >= 4 is 5.97 Å². The van der Waals surface area contributed by atoms with Gasteiger partial charge in [-0.15, -0.1) is 0 Å². The smallest absolute Gasteiger partial charge is 0.308 e. The average Bonchev–Trinajstić information content (AvgIpc) is 2.80. The lowest BCUT2D eigenvalue weighted by Crippen LogP contribution is -2.32. The van der Waals surface area contributed by atoms with Gasteiger partial charge in [-0.3, -0.25) is 4.79 Å². The monoisotopic (exact) mass is 508 g/mol. The molecule has 5 nitrogen and oxygen atoms in total. The van der Waals surface area contributed by atoms with E-state index in [-0.39, 0.29) is 24.8 Å². The molecule has 0 aromatic rings. The summed E-state index contributed by atoms with van der Waals surface area (Å²) >= 11 is 0. The molecule has 3 atom stereocenters. The molecular formula is C31H56O5. The zero-order valence-corrected chi connectivity index (χ0v) is 23.8. The molecule has 1 heterocycles. The molecule has 0 radical (unpaired) electrons. The largest absolute Gasteiger partial charge is 0.460 e. The number of hydrogen-bond acceptors (Lipinski definition) is 5. The van der Waals surface area contributed by atoms with Crippen molar-refractivity contribution in [1.29, 1.82) is 0 Å². The van der Waals surface area contributed by atoms with Crippen LogP contribution in [0.15, 0.2) is 24.3 Å². The van der Waals surface area contributed by atoms with E-state index in [4.69, 9.17) is 14.2 Å². The standard InChI is InChI=1S/C31H56O5/c1-5-6-7-8-9-10-11-12-13-14-15-16-17-18-19-22-28(35-30-23-20-21-24-34-30)25-27(32)26-29(33)36-31(2,3)4/h9-10,12-13,27-28,30,32H,5-8,11,14-26H2,1-4H3. The maximum absolute atomic E-state index is 12.1. The molecule has 0 spiro atoms. The number of ether oxygens (including phenoxy) is 3. The first-order valence-corrected chi connectivity index (χ1v) is 14.8. The van der Waals surface area contributed by atoms with Crippen molar-refractivity contribution in [3.05, 3.63) is 24.3 Å². The quantitative estimate of drug-likeness (QED) is 0.102. The molecule has 0 saturated carbocycles. The first-order chi connectivity index (χ1) is 17.3. The molecule has 0 aliphatic carbocycles. The highest BCUT2D eigenvalue weighted by atomic mass is 16.7. The van der Waals surface area contributed by atoms with Gasteiger partial charge in [0.1, 0.15) is 5.60 Å². The highest BCUT2D eigenvalue weighted by Crippen LogP contribution is 2.22. The van der Waals surface area contributed by atoms with Crippen molar-refractivity contribution in [1.82, 2.24) is 0 Å². The molecule has 0 bridgehead atoms. The second-order valence-corrected chi connectivity index (χ2v) is 11.3. The minimum absolute atomic E-state index is 0.00478. The fourth-order valence-corrected chi connectivity index (χ4v) is 4.42. The number of esters is 1. The molecule has 1 aliphatic heterocycles. The maximum Gasteiger partial charge on any atom is 0.308 e. The number of allylic oxidation sites excluding steroid dienone is 4. The Labute approximate surface area is 222 Å². The highest BCUT2D eigenvalue weighted by molar-refractivity contribution is 5.70. The molecule has 5 heteroatoms. The number of rotatable bonds is 20. The van der Waals surface area contributed by atoms with Crippen LogP contribution in [0, 0.1) is 0 Å². The van der Waals surface area contributed by atoms with E-state index in [0.717, 1.165) is 58.0 Å². The Kier molecular flexibility index (Phi) is 19.0. The van der Waals surface area contributed by atoms with Crippen molar-refractivity contribution in [3.63, 3.8) is 0 Å². The Morgan fingerprint density at radius 1 is 0.972 bits per heavy atom. The molecule has 1 N–H and O–H groups in total. The van der Waals surface area contributed by atoms with Crippen LogP contribution in [-0.4, -0.2) is 41.8 Å². The Morgan fingerprint density at radius 3 is 2.28 bits per heavy atom. The summed E-state index contributed by atoms with van der Waals surface area (Å²) in [6.45, 7) is 8.50. The summed E-state index contributed by atoms with van der Waals surface area (Å²) in [7, 11) is 0.